The lowest BCUT2D eigenvalue weighted by Gasteiger charge is -2.10. The number of rotatable bonds is 4. The van der Waals surface area contributed by atoms with Gasteiger partial charge in [0.05, 0.1) is 12.7 Å². The Balaban J connectivity index is 2.31. The molecule has 0 aliphatic rings. The topological polar surface area (TPSA) is 26.3 Å². The molecular formula is C16H14O2S. The molecular weight excluding hydrogens is 256 g/mol. The van der Waals surface area contributed by atoms with E-state index in [1.165, 1.54) is 7.11 Å². The average molecular weight is 270 g/mol. The van der Waals surface area contributed by atoms with E-state index in [1.807, 2.05) is 54.6 Å². The van der Waals surface area contributed by atoms with Gasteiger partial charge in [-0.15, -0.1) is 0 Å². The van der Waals surface area contributed by atoms with Crippen molar-refractivity contribution in [3.8, 4) is 0 Å². The molecule has 0 N–H and O–H groups in total. The molecule has 0 saturated heterocycles. The van der Waals surface area contributed by atoms with E-state index in [9.17, 15) is 4.79 Å². The van der Waals surface area contributed by atoms with Crippen LogP contribution in [0.2, 0.25) is 0 Å². The van der Waals surface area contributed by atoms with E-state index in [0.717, 1.165) is 15.4 Å². The summed E-state index contributed by atoms with van der Waals surface area (Å²) in [5.74, 6) is -0.402. The number of ether oxygens (including phenoxy) is 1. The number of benzene rings is 2. The maximum absolute atomic E-state index is 11.6. The Labute approximate surface area is 117 Å². The van der Waals surface area contributed by atoms with Crippen LogP contribution >= 0.6 is 11.8 Å². The van der Waals surface area contributed by atoms with Gasteiger partial charge < -0.3 is 4.74 Å². The summed E-state index contributed by atoms with van der Waals surface area (Å²) in [7, 11) is 1.36. The second-order valence-corrected chi connectivity index (χ2v) is 5.00. The van der Waals surface area contributed by atoms with Crippen molar-refractivity contribution in [1.82, 2.24) is 0 Å². The lowest BCUT2D eigenvalue weighted by atomic mass is 10.1. The van der Waals surface area contributed by atoms with Gasteiger partial charge in [0, 0.05) is 15.4 Å². The van der Waals surface area contributed by atoms with Crippen LogP contribution in [-0.2, 0) is 9.53 Å². The van der Waals surface area contributed by atoms with Crippen molar-refractivity contribution in [1.29, 1.82) is 0 Å². The Kier molecular flexibility index (Phi) is 4.42. The smallest absolute Gasteiger partial charge is 0.337 e. The molecule has 0 unspecified atom stereocenters. The molecule has 19 heavy (non-hydrogen) atoms. The number of hydrogen-bond donors (Lipinski definition) is 0. The molecule has 0 aliphatic carbocycles. The highest BCUT2D eigenvalue weighted by Crippen LogP contribution is 2.33. The number of carbonyl (C=O) groups excluding carboxylic acids is 1. The Hall–Kier alpha value is -2.00. The molecule has 2 aromatic carbocycles. The van der Waals surface area contributed by atoms with Gasteiger partial charge in [0.25, 0.3) is 0 Å². The maximum atomic E-state index is 11.6. The summed E-state index contributed by atoms with van der Waals surface area (Å²) in [6.07, 6.45) is 0. The van der Waals surface area contributed by atoms with Crippen LogP contribution in [0.1, 0.15) is 5.56 Å². The first-order chi connectivity index (χ1) is 9.22. The number of carbonyl (C=O) groups is 1. The van der Waals surface area contributed by atoms with E-state index in [2.05, 4.69) is 6.58 Å². The molecule has 0 heterocycles. The molecule has 0 radical (unpaired) electrons. The van der Waals surface area contributed by atoms with E-state index in [4.69, 9.17) is 4.74 Å². The van der Waals surface area contributed by atoms with Gasteiger partial charge in [0.2, 0.25) is 0 Å². The molecule has 0 aliphatic heterocycles. The minimum absolute atomic E-state index is 0.376. The highest BCUT2D eigenvalue weighted by Gasteiger charge is 2.13. The first-order valence-electron chi connectivity index (χ1n) is 5.82. The fraction of sp³-hybridized carbons (Fsp3) is 0.0625. The Morgan fingerprint density at radius 2 is 1.68 bits per heavy atom. The van der Waals surface area contributed by atoms with Crippen molar-refractivity contribution >= 4 is 23.3 Å². The summed E-state index contributed by atoms with van der Waals surface area (Å²) in [6, 6.07) is 17.7. The minimum Gasteiger partial charge on any atom is -0.465 e. The van der Waals surface area contributed by atoms with Crippen molar-refractivity contribution < 1.29 is 9.53 Å². The van der Waals surface area contributed by atoms with Crippen LogP contribution in [0.3, 0.4) is 0 Å². The number of esters is 1. The Bertz CT molecular complexity index is 591. The van der Waals surface area contributed by atoms with Crippen LogP contribution in [0.15, 0.2) is 71.0 Å². The van der Waals surface area contributed by atoms with Crippen molar-refractivity contribution in [2.24, 2.45) is 0 Å². The van der Waals surface area contributed by atoms with Gasteiger partial charge >= 0.3 is 5.97 Å². The van der Waals surface area contributed by atoms with E-state index >= 15 is 0 Å². The van der Waals surface area contributed by atoms with E-state index < -0.39 is 5.97 Å². The summed E-state index contributed by atoms with van der Waals surface area (Å²) < 4.78 is 4.72. The first kappa shape index (κ1) is 13.4. The molecule has 3 heteroatoms. The van der Waals surface area contributed by atoms with Gasteiger partial charge in [-0.25, -0.2) is 4.79 Å². The zero-order valence-corrected chi connectivity index (χ0v) is 11.4. The highest BCUT2D eigenvalue weighted by molar-refractivity contribution is 7.99. The third kappa shape index (κ3) is 3.26. The lowest BCUT2D eigenvalue weighted by molar-refractivity contribution is -0.133. The molecule has 0 aromatic heterocycles. The monoisotopic (exact) mass is 270 g/mol. The fourth-order valence-corrected chi connectivity index (χ4v) is 2.65. The third-order valence-corrected chi connectivity index (χ3v) is 3.70. The molecule has 0 saturated carbocycles. The standard InChI is InChI=1S/C16H14O2S/c1-12(16(17)18-2)14-10-6-7-11-15(14)19-13-8-4-3-5-9-13/h3-11H,1H2,2H3. The van der Waals surface area contributed by atoms with Crippen LogP contribution in [0, 0.1) is 0 Å². The SMILES string of the molecule is C=C(C(=O)OC)c1ccccc1Sc1ccccc1. The van der Waals surface area contributed by atoms with Crippen molar-refractivity contribution in [2.75, 3.05) is 7.11 Å². The molecule has 2 nitrogen and oxygen atoms in total. The molecule has 2 aromatic rings. The third-order valence-electron chi connectivity index (χ3n) is 2.61. The zero-order chi connectivity index (χ0) is 13.7. The second kappa shape index (κ2) is 6.25. The van der Waals surface area contributed by atoms with Crippen LogP contribution in [0.4, 0.5) is 0 Å². The van der Waals surface area contributed by atoms with Crippen LogP contribution in [0.5, 0.6) is 0 Å². The zero-order valence-electron chi connectivity index (χ0n) is 10.6. The normalized spacial score (nSPS) is 9.95. The summed E-state index contributed by atoms with van der Waals surface area (Å²) in [4.78, 5) is 13.7. The van der Waals surface area contributed by atoms with Crippen LogP contribution < -0.4 is 0 Å². The molecule has 0 bridgehead atoms. The summed E-state index contributed by atoms with van der Waals surface area (Å²) in [5, 5.41) is 0. The predicted molar refractivity (Wildman–Crippen MR) is 78.1 cm³/mol. The number of methoxy groups -OCH3 is 1. The molecule has 2 rings (SSSR count). The molecule has 0 fully saturated rings. The van der Waals surface area contributed by atoms with Crippen molar-refractivity contribution in [3.63, 3.8) is 0 Å². The Morgan fingerprint density at radius 3 is 2.37 bits per heavy atom. The van der Waals surface area contributed by atoms with E-state index in [-0.39, 0.29) is 0 Å². The van der Waals surface area contributed by atoms with Gasteiger partial charge in [0.1, 0.15) is 0 Å². The van der Waals surface area contributed by atoms with Crippen LogP contribution in [-0.4, -0.2) is 13.1 Å². The summed E-state index contributed by atoms with van der Waals surface area (Å²) in [6.45, 7) is 3.81. The van der Waals surface area contributed by atoms with Gasteiger partial charge in [-0.05, 0) is 18.2 Å². The van der Waals surface area contributed by atoms with Gasteiger partial charge in [0.15, 0.2) is 0 Å². The summed E-state index contributed by atoms with van der Waals surface area (Å²) >= 11 is 1.60. The van der Waals surface area contributed by atoms with Gasteiger partial charge in [-0.1, -0.05) is 54.7 Å². The molecule has 96 valence electrons. The van der Waals surface area contributed by atoms with Crippen molar-refractivity contribution in [3.05, 3.63) is 66.7 Å². The van der Waals surface area contributed by atoms with Gasteiger partial charge in [-0.3, -0.25) is 0 Å². The Morgan fingerprint density at radius 1 is 1.05 bits per heavy atom. The second-order valence-electron chi connectivity index (χ2n) is 3.88. The molecule has 0 spiro atoms. The van der Waals surface area contributed by atoms with E-state index in [0.29, 0.717) is 5.57 Å². The predicted octanol–water partition coefficient (Wildman–Crippen LogP) is 4.02. The lowest BCUT2D eigenvalue weighted by Crippen LogP contribution is -2.03. The number of hydrogen-bond acceptors (Lipinski definition) is 3. The summed E-state index contributed by atoms with van der Waals surface area (Å²) in [5.41, 5.74) is 1.18. The average Bonchev–Trinajstić information content (AvgIpc) is 2.47. The maximum Gasteiger partial charge on any atom is 0.337 e. The first-order valence-corrected chi connectivity index (χ1v) is 6.63. The highest BCUT2D eigenvalue weighted by atomic mass is 32.2. The minimum atomic E-state index is -0.402. The largest absolute Gasteiger partial charge is 0.465 e. The van der Waals surface area contributed by atoms with E-state index in [1.54, 1.807) is 11.8 Å². The van der Waals surface area contributed by atoms with Crippen LogP contribution in [0.25, 0.3) is 5.57 Å². The van der Waals surface area contributed by atoms with Crippen molar-refractivity contribution in [2.45, 2.75) is 9.79 Å². The quantitative estimate of drug-likeness (QED) is 0.620. The molecule has 0 atom stereocenters. The van der Waals surface area contributed by atoms with Gasteiger partial charge in [-0.2, -0.15) is 0 Å². The fourth-order valence-electron chi connectivity index (χ4n) is 1.65. The molecule has 0 amide bonds.